The minimum atomic E-state index is -0.842. The molecular weight excluding hydrogens is 1010 g/mol. The molecule has 0 fully saturated rings. The van der Waals surface area contributed by atoms with Gasteiger partial charge in [0.15, 0.2) is 0 Å². The molecule has 486 valence electrons. The summed E-state index contributed by atoms with van der Waals surface area (Å²) in [7, 11) is 0. The van der Waals surface area contributed by atoms with Crippen LogP contribution < -0.4 is 5.32 Å². The first kappa shape index (κ1) is 80.3. The Labute approximate surface area is 513 Å². The van der Waals surface area contributed by atoms with Gasteiger partial charge >= 0.3 is 5.97 Å². The van der Waals surface area contributed by atoms with Crippen molar-refractivity contribution in [2.45, 2.75) is 437 Å². The molecule has 3 N–H and O–H groups in total. The highest BCUT2D eigenvalue weighted by Crippen LogP contribution is 2.19. The van der Waals surface area contributed by atoms with E-state index in [1.807, 2.05) is 6.08 Å². The molecule has 0 spiro atoms. The summed E-state index contributed by atoms with van der Waals surface area (Å²) in [5.41, 5.74) is 0. The SMILES string of the molecule is CCCCCCCC/C=C\CCCCCCCCCC(=O)OCCCCCCCCCCCCCCCCCCCCCCCCCCCCCCCC(=O)NC(CO)C(O)/C=C/CCCCCCCCCCCCCCCCCCC. The van der Waals surface area contributed by atoms with Crippen molar-refractivity contribution in [3.8, 4) is 0 Å². The Morgan fingerprint density at radius 1 is 0.329 bits per heavy atom. The number of hydrogen-bond acceptors (Lipinski definition) is 5. The highest BCUT2D eigenvalue weighted by Gasteiger charge is 2.18. The van der Waals surface area contributed by atoms with Crippen molar-refractivity contribution in [1.29, 1.82) is 0 Å². The van der Waals surface area contributed by atoms with Crippen LogP contribution in [0.3, 0.4) is 0 Å². The maximum absolute atomic E-state index is 12.5. The highest BCUT2D eigenvalue weighted by molar-refractivity contribution is 5.76. The zero-order chi connectivity index (χ0) is 59.2. The quantitative estimate of drug-likeness (QED) is 0.0320. The van der Waals surface area contributed by atoms with E-state index < -0.39 is 12.1 Å². The third-order valence-corrected chi connectivity index (χ3v) is 17.7. The summed E-state index contributed by atoms with van der Waals surface area (Å²) in [6.07, 6.45) is 91.3. The fraction of sp³-hybridized carbons (Fsp3) is 0.921. The van der Waals surface area contributed by atoms with Crippen LogP contribution in [0.5, 0.6) is 0 Å². The minimum Gasteiger partial charge on any atom is -0.466 e. The number of carbonyl (C=O) groups is 2. The Bertz CT molecular complexity index is 1280. The molecule has 0 aliphatic rings. The number of aliphatic hydroxyl groups is 2. The lowest BCUT2D eigenvalue weighted by molar-refractivity contribution is -0.143. The van der Waals surface area contributed by atoms with Crippen molar-refractivity contribution in [2.24, 2.45) is 0 Å². The first-order chi connectivity index (χ1) is 40.5. The standard InChI is InChI=1S/C76H147NO5/c1-3-5-7-9-11-13-15-17-19-21-33-37-40-44-48-52-56-60-64-68-74(79)73(72-78)77-75(80)69-65-61-57-53-49-45-41-38-34-31-29-27-25-23-22-24-26-28-30-32-35-39-43-47-51-55-59-63-67-71-82-76(81)70-66-62-58-54-50-46-42-36-20-18-16-14-12-10-8-6-4-2/h18,20,64,68,73-74,78-79H,3-17,19,21-63,65-67,69-72H2,1-2H3,(H,77,80)/b20-18-,68-64+. The van der Waals surface area contributed by atoms with Crippen LogP contribution >= 0.6 is 0 Å². The highest BCUT2D eigenvalue weighted by atomic mass is 16.5. The first-order valence-electron chi connectivity index (χ1n) is 37.6. The van der Waals surface area contributed by atoms with E-state index >= 15 is 0 Å². The molecule has 0 aromatic heterocycles. The second-order valence-electron chi connectivity index (χ2n) is 26.0. The average molecular weight is 1160 g/mol. The van der Waals surface area contributed by atoms with E-state index in [1.165, 1.54) is 353 Å². The van der Waals surface area contributed by atoms with Crippen LogP contribution in [-0.2, 0) is 14.3 Å². The van der Waals surface area contributed by atoms with Gasteiger partial charge in [0.05, 0.1) is 25.4 Å². The van der Waals surface area contributed by atoms with Gasteiger partial charge in [-0.05, 0) is 57.8 Å². The zero-order valence-electron chi connectivity index (χ0n) is 55.8. The predicted molar refractivity (Wildman–Crippen MR) is 361 cm³/mol. The van der Waals surface area contributed by atoms with Gasteiger partial charge in [0.25, 0.3) is 0 Å². The summed E-state index contributed by atoms with van der Waals surface area (Å²) in [6.45, 7) is 4.94. The number of amides is 1. The lowest BCUT2D eigenvalue weighted by Gasteiger charge is -2.20. The summed E-state index contributed by atoms with van der Waals surface area (Å²) in [5, 5.41) is 23.2. The second-order valence-corrected chi connectivity index (χ2v) is 26.0. The van der Waals surface area contributed by atoms with Crippen LogP contribution in [0.15, 0.2) is 24.3 Å². The van der Waals surface area contributed by atoms with Crippen molar-refractivity contribution in [2.75, 3.05) is 13.2 Å². The van der Waals surface area contributed by atoms with Crippen molar-refractivity contribution >= 4 is 11.9 Å². The van der Waals surface area contributed by atoms with E-state index in [1.54, 1.807) is 6.08 Å². The number of nitrogens with one attached hydrogen (secondary N) is 1. The summed E-state index contributed by atoms with van der Waals surface area (Å²) >= 11 is 0. The Hall–Kier alpha value is -1.66. The summed E-state index contributed by atoms with van der Waals surface area (Å²) < 4.78 is 5.51. The van der Waals surface area contributed by atoms with Gasteiger partial charge in [-0.25, -0.2) is 0 Å². The Balaban J connectivity index is 3.35. The van der Waals surface area contributed by atoms with Crippen LogP contribution in [-0.4, -0.2) is 47.4 Å². The molecule has 0 bridgehead atoms. The lowest BCUT2D eigenvalue weighted by atomic mass is 10.0. The van der Waals surface area contributed by atoms with Gasteiger partial charge in [-0.3, -0.25) is 9.59 Å². The maximum Gasteiger partial charge on any atom is 0.305 e. The number of carbonyl (C=O) groups excluding carboxylic acids is 2. The van der Waals surface area contributed by atoms with Gasteiger partial charge < -0.3 is 20.3 Å². The number of unbranched alkanes of at least 4 members (excludes halogenated alkanes) is 58. The summed E-state index contributed by atoms with van der Waals surface area (Å²) in [5.74, 6) is -0.0436. The molecule has 0 radical (unpaired) electrons. The van der Waals surface area contributed by atoms with Gasteiger partial charge in [0.1, 0.15) is 0 Å². The fourth-order valence-corrected chi connectivity index (χ4v) is 12.0. The van der Waals surface area contributed by atoms with Gasteiger partial charge in [0, 0.05) is 12.8 Å². The van der Waals surface area contributed by atoms with Crippen LogP contribution in [0, 0.1) is 0 Å². The lowest BCUT2D eigenvalue weighted by Crippen LogP contribution is -2.45. The average Bonchev–Trinajstić information content (AvgIpc) is 3.48. The van der Waals surface area contributed by atoms with E-state index in [0.717, 1.165) is 44.9 Å². The van der Waals surface area contributed by atoms with Crippen molar-refractivity contribution in [3.63, 3.8) is 0 Å². The maximum atomic E-state index is 12.5. The van der Waals surface area contributed by atoms with Gasteiger partial charge in [0.2, 0.25) is 5.91 Å². The van der Waals surface area contributed by atoms with Crippen molar-refractivity contribution in [1.82, 2.24) is 5.32 Å². The molecular formula is C76H147NO5. The predicted octanol–water partition coefficient (Wildman–Crippen LogP) is 24.5. The summed E-state index contributed by atoms with van der Waals surface area (Å²) in [6, 6.07) is -0.626. The largest absolute Gasteiger partial charge is 0.466 e. The third kappa shape index (κ3) is 67.5. The molecule has 2 atom stereocenters. The molecule has 0 heterocycles. The molecule has 0 aromatic rings. The molecule has 0 saturated carbocycles. The zero-order valence-corrected chi connectivity index (χ0v) is 55.8. The fourth-order valence-electron chi connectivity index (χ4n) is 12.0. The van der Waals surface area contributed by atoms with E-state index in [-0.39, 0.29) is 18.5 Å². The van der Waals surface area contributed by atoms with Crippen LogP contribution in [0.1, 0.15) is 425 Å². The van der Waals surface area contributed by atoms with Crippen LogP contribution in [0.25, 0.3) is 0 Å². The summed E-state index contributed by atoms with van der Waals surface area (Å²) in [4.78, 5) is 24.6. The molecule has 82 heavy (non-hydrogen) atoms. The van der Waals surface area contributed by atoms with Crippen LogP contribution in [0.4, 0.5) is 0 Å². The molecule has 0 aliphatic heterocycles. The van der Waals surface area contributed by atoms with Crippen molar-refractivity contribution < 1.29 is 24.5 Å². The number of ether oxygens (including phenoxy) is 1. The Morgan fingerprint density at radius 2 is 0.573 bits per heavy atom. The number of aliphatic hydroxyl groups excluding tert-OH is 2. The Morgan fingerprint density at radius 3 is 0.866 bits per heavy atom. The number of hydrogen-bond donors (Lipinski definition) is 3. The number of allylic oxidation sites excluding steroid dienone is 3. The van der Waals surface area contributed by atoms with E-state index in [9.17, 15) is 19.8 Å². The van der Waals surface area contributed by atoms with Gasteiger partial charge in [-0.2, -0.15) is 0 Å². The van der Waals surface area contributed by atoms with Crippen molar-refractivity contribution in [3.05, 3.63) is 24.3 Å². The molecule has 0 aromatic carbocycles. The Kier molecular flexibility index (Phi) is 70.4. The molecule has 0 saturated heterocycles. The third-order valence-electron chi connectivity index (χ3n) is 17.7. The molecule has 6 nitrogen and oxygen atoms in total. The monoisotopic (exact) mass is 1150 g/mol. The second kappa shape index (κ2) is 71.8. The smallest absolute Gasteiger partial charge is 0.305 e. The van der Waals surface area contributed by atoms with Gasteiger partial charge in [-0.1, -0.05) is 378 Å². The van der Waals surface area contributed by atoms with E-state index in [2.05, 4.69) is 31.3 Å². The molecule has 0 rings (SSSR count). The van der Waals surface area contributed by atoms with E-state index in [0.29, 0.717) is 19.4 Å². The molecule has 2 unspecified atom stereocenters. The minimum absolute atomic E-state index is 0.0167. The van der Waals surface area contributed by atoms with E-state index in [4.69, 9.17) is 4.74 Å². The number of rotatable bonds is 71. The molecule has 0 aliphatic carbocycles. The van der Waals surface area contributed by atoms with Crippen LogP contribution in [0.2, 0.25) is 0 Å². The first-order valence-corrected chi connectivity index (χ1v) is 37.6. The topological polar surface area (TPSA) is 95.9 Å². The van der Waals surface area contributed by atoms with Gasteiger partial charge in [-0.15, -0.1) is 0 Å². The molecule has 1 amide bonds. The normalized spacial score (nSPS) is 12.6. The molecule has 6 heteroatoms. The number of esters is 1.